The molecule has 0 unspecified atom stereocenters. The van der Waals surface area contributed by atoms with Crippen LogP contribution in [0.5, 0.6) is 0 Å². The highest BCUT2D eigenvalue weighted by Gasteiger charge is 2.39. The molecule has 2 fully saturated rings. The van der Waals surface area contributed by atoms with Crippen LogP contribution in [0, 0.1) is 0 Å². The van der Waals surface area contributed by atoms with E-state index < -0.39 is 21.5 Å². The van der Waals surface area contributed by atoms with Gasteiger partial charge in [-0.05, 0) is 44.9 Å². The molecule has 1 N–H and O–H groups in total. The van der Waals surface area contributed by atoms with E-state index in [9.17, 15) is 13.2 Å². The molecule has 5 nitrogen and oxygen atoms in total. The number of carbonyl (C=O) groups excluding carboxylic acids is 1. The molecule has 2 atom stereocenters. The van der Waals surface area contributed by atoms with Crippen LogP contribution in [-0.4, -0.2) is 50.2 Å². The summed E-state index contributed by atoms with van der Waals surface area (Å²) in [6, 6.07) is 9.29. The second-order valence-corrected chi connectivity index (χ2v) is 8.35. The summed E-state index contributed by atoms with van der Waals surface area (Å²) in [7, 11) is -1.42. The number of nitrogens with one attached hydrogen (secondary N) is 1. The topological polar surface area (TPSA) is 66.5 Å². The summed E-state index contributed by atoms with van der Waals surface area (Å²) < 4.78 is 24.4. The first-order chi connectivity index (χ1) is 10.5. The van der Waals surface area contributed by atoms with Crippen LogP contribution in [0.3, 0.4) is 0 Å². The molecule has 0 aliphatic carbocycles. The highest BCUT2D eigenvalue weighted by Crippen LogP contribution is 2.34. The smallest absolute Gasteiger partial charge is 0.235 e. The maximum atomic E-state index is 12.2. The zero-order chi connectivity index (χ0) is 15.7. The van der Waals surface area contributed by atoms with Gasteiger partial charge < -0.3 is 10.2 Å². The Morgan fingerprint density at radius 2 is 1.77 bits per heavy atom. The number of nitrogens with zero attached hydrogens (tertiary/aromatic N) is 1. The SMILES string of the molecule is CN1[C@H]2CC[C@H]1CC(NC(=O)CS(=O)(=O)c1ccccc1)C2. The minimum absolute atomic E-state index is 0.104. The lowest BCUT2D eigenvalue weighted by Gasteiger charge is -2.36. The van der Waals surface area contributed by atoms with Gasteiger partial charge in [-0.15, -0.1) is 0 Å². The van der Waals surface area contributed by atoms with E-state index in [1.54, 1.807) is 18.2 Å². The molecule has 1 amide bonds. The van der Waals surface area contributed by atoms with E-state index in [4.69, 9.17) is 0 Å². The van der Waals surface area contributed by atoms with Crippen molar-refractivity contribution in [3.8, 4) is 0 Å². The van der Waals surface area contributed by atoms with Gasteiger partial charge in [0.15, 0.2) is 9.84 Å². The van der Waals surface area contributed by atoms with Crippen molar-refractivity contribution >= 4 is 15.7 Å². The standard InChI is InChI=1S/C16H22N2O3S/c1-18-13-7-8-14(18)10-12(9-13)17-16(19)11-22(20,21)15-5-3-2-4-6-15/h2-6,12-14H,7-11H2,1H3,(H,17,19)/t13-,14-/m0/s1. The Hall–Kier alpha value is -1.40. The molecule has 1 aromatic carbocycles. The highest BCUT2D eigenvalue weighted by atomic mass is 32.2. The third kappa shape index (κ3) is 3.17. The zero-order valence-corrected chi connectivity index (χ0v) is 13.6. The number of hydrogen-bond acceptors (Lipinski definition) is 4. The van der Waals surface area contributed by atoms with Gasteiger partial charge in [0.2, 0.25) is 5.91 Å². The Morgan fingerprint density at radius 1 is 1.18 bits per heavy atom. The number of benzene rings is 1. The highest BCUT2D eigenvalue weighted by molar-refractivity contribution is 7.92. The van der Waals surface area contributed by atoms with Crippen molar-refractivity contribution in [2.75, 3.05) is 12.8 Å². The summed E-state index contributed by atoms with van der Waals surface area (Å²) >= 11 is 0. The monoisotopic (exact) mass is 322 g/mol. The molecule has 2 saturated heterocycles. The van der Waals surface area contributed by atoms with E-state index in [2.05, 4.69) is 17.3 Å². The van der Waals surface area contributed by atoms with Crippen molar-refractivity contribution < 1.29 is 13.2 Å². The molecule has 2 aliphatic rings. The fourth-order valence-electron chi connectivity index (χ4n) is 3.68. The zero-order valence-electron chi connectivity index (χ0n) is 12.7. The number of hydrogen-bond donors (Lipinski definition) is 1. The molecule has 2 aliphatic heterocycles. The minimum atomic E-state index is -3.55. The lowest BCUT2D eigenvalue weighted by atomic mass is 9.98. The molecule has 2 bridgehead atoms. The molecule has 0 aromatic heterocycles. The quantitative estimate of drug-likeness (QED) is 0.904. The van der Waals surface area contributed by atoms with E-state index in [1.807, 2.05) is 0 Å². The van der Waals surface area contributed by atoms with Gasteiger partial charge in [-0.25, -0.2) is 8.42 Å². The Bertz CT molecular complexity index is 631. The summed E-state index contributed by atoms with van der Waals surface area (Å²) in [4.78, 5) is 14.7. The predicted octanol–water partition coefficient (Wildman–Crippen LogP) is 1.20. The van der Waals surface area contributed by atoms with Crippen LogP contribution in [0.2, 0.25) is 0 Å². The maximum Gasteiger partial charge on any atom is 0.235 e. The van der Waals surface area contributed by atoms with Crippen LogP contribution in [-0.2, 0) is 14.6 Å². The fraction of sp³-hybridized carbons (Fsp3) is 0.562. The molecule has 2 heterocycles. The molecule has 22 heavy (non-hydrogen) atoms. The van der Waals surface area contributed by atoms with Crippen molar-refractivity contribution in [1.29, 1.82) is 0 Å². The Labute approximate surface area is 131 Å². The molecular formula is C16H22N2O3S. The summed E-state index contributed by atoms with van der Waals surface area (Å²) in [5.41, 5.74) is 0. The maximum absolute atomic E-state index is 12.2. The fourth-order valence-corrected chi connectivity index (χ4v) is 4.85. The summed E-state index contributed by atoms with van der Waals surface area (Å²) in [5.74, 6) is -0.864. The van der Waals surface area contributed by atoms with Gasteiger partial charge in [-0.1, -0.05) is 18.2 Å². The molecule has 0 saturated carbocycles. The Morgan fingerprint density at radius 3 is 2.36 bits per heavy atom. The number of sulfone groups is 1. The third-order valence-corrected chi connectivity index (χ3v) is 6.52. The number of piperidine rings is 1. The first-order valence-electron chi connectivity index (χ1n) is 7.75. The molecular weight excluding hydrogens is 300 g/mol. The van der Waals surface area contributed by atoms with Crippen LogP contribution in [0.25, 0.3) is 0 Å². The van der Waals surface area contributed by atoms with Gasteiger partial charge in [0.05, 0.1) is 4.90 Å². The van der Waals surface area contributed by atoms with Gasteiger partial charge in [0.25, 0.3) is 0 Å². The Kier molecular flexibility index (Phi) is 4.23. The van der Waals surface area contributed by atoms with Crippen molar-refractivity contribution in [3.63, 3.8) is 0 Å². The van der Waals surface area contributed by atoms with Gasteiger partial charge in [-0.3, -0.25) is 4.79 Å². The first kappa shape index (κ1) is 15.5. The van der Waals surface area contributed by atoms with Crippen LogP contribution in [0.15, 0.2) is 35.2 Å². The molecule has 6 heteroatoms. The third-order valence-electron chi connectivity index (χ3n) is 4.89. The molecule has 3 rings (SSSR count). The van der Waals surface area contributed by atoms with E-state index >= 15 is 0 Å². The molecule has 1 aromatic rings. The van der Waals surface area contributed by atoms with E-state index in [-0.39, 0.29) is 10.9 Å². The predicted molar refractivity (Wildman–Crippen MR) is 84.2 cm³/mol. The lowest BCUT2D eigenvalue weighted by Crippen LogP contribution is -2.49. The van der Waals surface area contributed by atoms with E-state index in [1.165, 1.54) is 25.0 Å². The second-order valence-electron chi connectivity index (χ2n) is 6.36. The van der Waals surface area contributed by atoms with E-state index in [0.29, 0.717) is 12.1 Å². The molecule has 120 valence electrons. The normalized spacial score (nSPS) is 28.5. The van der Waals surface area contributed by atoms with Crippen LogP contribution >= 0.6 is 0 Å². The van der Waals surface area contributed by atoms with Gasteiger partial charge >= 0.3 is 0 Å². The van der Waals surface area contributed by atoms with Gasteiger partial charge in [0, 0.05) is 18.1 Å². The number of carbonyl (C=O) groups is 1. The number of fused-ring (bicyclic) bond motifs is 2. The number of amides is 1. The Balaban J connectivity index is 1.59. The average Bonchev–Trinajstić information content (AvgIpc) is 2.70. The van der Waals surface area contributed by atoms with Crippen LogP contribution < -0.4 is 5.32 Å². The minimum Gasteiger partial charge on any atom is -0.352 e. The second kappa shape index (κ2) is 6.01. The number of rotatable bonds is 4. The average molecular weight is 322 g/mol. The van der Waals surface area contributed by atoms with Crippen molar-refractivity contribution in [3.05, 3.63) is 30.3 Å². The van der Waals surface area contributed by atoms with Crippen molar-refractivity contribution in [1.82, 2.24) is 10.2 Å². The summed E-state index contributed by atoms with van der Waals surface area (Å²) in [5, 5.41) is 2.92. The first-order valence-corrected chi connectivity index (χ1v) is 9.40. The molecule has 0 radical (unpaired) electrons. The summed E-state index contributed by atoms with van der Waals surface area (Å²) in [6.45, 7) is 0. The van der Waals surface area contributed by atoms with E-state index in [0.717, 1.165) is 12.8 Å². The van der Waals surface area contributed by atoms with Crippen LogP contribution in [0.4, 0.5) is 0 Å². The van der Waals surface area contributed by atoms with Crippen molar-refractivity contribution in [2.24, 2.45) is 0 Å². The van der Waals surface area contributed by atoms with Gasteiger partial charge in [-0.2, -0.15) is 0 Å². The van der Waals surface area contributed by atoms with Crippen molar-refractivity contribution in [2.45, 2.75) is 48.7 Å². The lowest BCUT2D eigenvalue weighted by molar-refractivity contribution is -0.119. The van der Waals surface area contributed by atoms with Gasteiger partial charge in [0.1, 0.15) is 5.75 Å². The molecule has 0 spiro atoms. The largest absolute Gasteiger partial charge is 0.352 e. The summed E-state index contributed by atoms with van der Waals surface area (Å²) in [6.07, 6.45) is 4.19. The van der Waals surface area contributed by atoms with Crippen LogP contribution in [0.1, 0.15) is 25.7 Å².